The predicted octanol–water partition coefficient (Wildman–Crippen LogP) is 4.66. The molecule has 0 heterocycles. The molecule has 7 nitrogen and oxygen atoms in total. The van der Waals surface area contributed by atoms with Crippen molar-refractivity contribution in [3.63, 3.8) is 0 Å². The smallest absolute Gasteiger partial charge is 0.346 e. The summed E-state index contributed by atoms with van der Waals surface area (Å²) < 4.78 is 22.3. The predicted molar refractivity (Wildman–Crippen MR) is 138 cm³/mol. The first-order chi connectivity index (χ1) is 17.3. The zero-order valence-electron chi connectivity index (χ0n) is 20.1. The van der Waals surface area contributed by atoms with Crippen LogP contribution in [0.1, 0.15) is 16.7 Å². The fraction of sp³-hybridized carbons (Fsp3) is 0.214. The van der Waals surface area contributed by atoms with Crippen LogP contribution in [0.4, 0.5) is 0 Å². The highest BCUT2D eigenvalue weighted by molar-refractivity contribution is 9.10. The quantitative estimate of drug-likeness (QED) is 0.364. The average molecular weight is 555 g/mol. The van der Waals surface area contributed by atoms with Gasteiger partial charge in [0, 0.05) is 4.47 Å². The van der Waals surface area contributed by atoms with E-state index in [0.29, 0.717) is 16.9 Å². The number of esters is 2. The van der Waals surface area contributed by atoms with Gasteiger partial charge in [-0.05, 0) is 47.0 Å². The van der Waals surface area contributed by atoms with Crippen LogP contribution in [-0.4, -0.2) is 44.0 Å². The van der Waals surface area contributed by atoms with E-state index in [-0.39, 0.29) is 12.2 Å². The Morgan fingerprint density at radius 1 is 0.889 bits per heavy atom. The van der Waals surface area contributed by atoms with Gasteiger partial charge in [0.15, 0.2) is 0 Å². The van der Waals surface area contributed by atoms with E-state index in [1.807, 2.05) is 24.3 Å². The van der Waals surface area contributed by atoms with Crippen LogP contribution in [0.15, 0.2) is 89.4 Å². The summed E-state index contributed by atoms with van der Waals surface area (Å²) in [6.45, 7) is -0.119. The third-order valence-corrected chi connectivity index (χ3v) is 6.16. The molecule has 2 atom stereocenters. The van der Waals surface area contributed by atoms with Crippen molar-refractivity contribution in [2.75, 3.05) is 21.3 Å². The summed E-state index contributed by atoms with van der Waals surface area (Å²) in [6, 6.07) is 22.5. The summed E-state index contributed by atoms with van der Waals surface area (Å²) in [4.78, 5) is 26.8. The van der Waals surface area contributed by atoms with Gasteiger partial charge in [0.1, 0.15) is 5.75 Å². The van der Waals surface area contributed by atoms with Gasteiger partial charge in [-0.15, -0.1) is 0 Å². The number of carbonyl (C=O) groups is 2. The highest BCUT2D eigenvalue weighted by atomic mass is 79.9. The molecule has 0 saturated carbocycles. The number of ether oxygens (including phenoxy) is 4. The molecule has 3 aromatic carbocycles. The molecule has 0 spiro atoms. The van der Waals surface area contributed by atoms with Gasteiger partial charge in [-0.1, -0.05) is 76.6 Å². The van der Waals surface area contributed by atoms with E-state index in [1.165, 1.54) is 31.4 Å². The molecule has 8 heteroatoms. The minimum atomic E-state index is -2.62. The molecule has 0 aliphatic rings. The Morgan fingerprint density at radius 3 is 2.14 bits per heavy atom. The second-order valence-electron chi connectivity index (χ2n) is 7.82. The Bertz CT molecular complexity index is 1210. The lowest BCUT2D eigenvalue weighted by Crippen LogP contribution is -2.62. The molecule has 0 amide bonds. The van der Waals surface area contributed by atoms with Crippen LogP contribution in [-0.2, 0) is 36.0 Å². The van der Waals surface area contributed by atoms with Crippen molar-refractivity contribution in [1.29, 1.82) is 0 Å². The van der Waals surface area contributed by atoms with Gasteiger partial charge in [-0.2, -0.15) is 0 Å². The van der Waals surface area contributed by atoms with E-state index >= 15 is 0 Å². The number of rotatable bonds is 10. The summed E-state index contributed by atoms with van der Waals surface area (Å²) >= 11 is 3.40. The zero-order valence-corrected chi connectivity index (χ0v) is 21.7. The Kier molecular flexibility index (Phi) is 9.03. The molecule has 0 aromatic heterocycles. The van der Waals surface area contributed by atoms with E-state index in [4.69, 9.17) is 18.9 Å². The van der Waals surface area contributed by atoms with Crippen LogP contribution in [0.25, 0.3) is 6.08 Å². The minimum absolute atomic E-state index is 0.119. The summed E-state index contributed by atoms with van der Waals surface area (Å²) in [5.74, 6) is -1.59. The molecule has 188 valence electrons. The highest BCUT2D eigenvalue weighted by Gasteiger charge is 2.63. The van der Waals surface area contributed by atoms with Crippen LogP contribution < -0.4 is 4.74 Å². The van der Waals surface area contributed by atoms with Crippen molar-refractivity contribution in [1.82, 2.24) is 0 Å². The first-order valence-corrected chi connectivity index (χ1v) is 11.8. The summed E-state index contributed by atoms with van der Waals surface area (Å²) in [6.07, 6.45) is 2.70. The van der Waals surface area contributed by atoms with Gasteiger partial charge < -0.3 is 24.1 Å². The van der Waals surface area contributed by atoms with Crippen LogP contribution >= 0.6 is 15.9 Å². The number of hydrogen-bond acceptors (Lipinski definition) is 7. The molecule has 3 aromatic rings. The number of benzene rings is 3. The lowest BCUT2D eigenvalue weighted by atomic mass is 9.76. The van der Waals surface area contributed by atoms with E-state index < -0.39 is 23.1 Å². The summed E-state index contributed by atoms with van der Waals surface area (Å²) in [5.41, 5.74) is -3.43. The van der Waals surface area contributed by atoms with Crippen molar-refractivity contribution in [2.24, 2.45) is 0 Å². The molecule has 0 bridgehead atoms. The third kappa shape index (κ3) is 5.51. The van der Waals surface area contributed by atoms with Gasteiger partial charge >= 0.3 is 11.9 Å². The topological polar surface area (TPSA) is 91.3 Å². The van der Waals surface area contributed by atoms with Crippen LogP contribution in [0, 0.1) is 0 Å². The third-order valence-electron chi connectivity index (χ3n) is 5.67. The normalized spacial score (nSPS) is 14.5. The lowest BCUT2D eigenvalue weighted by Gasteiger charge is -2.41. The lowest BCUT2D eigenvalue weighted by molar-refractivity contribution is -0.218. The fourth-order valence-electron chi connectivity index (χ4n) is 3.79. The van der Waals surface area contributed by atoms with Crippen LogP contribution in [0.5, 0.6) is 5.75 Å². The van der Waals surface area contributed by atoms with Crippen LogP contribution in [0.2, 0.25) is 0 Å². The molecule has 1 N–H and O–H groups in total. The monoisotopic (exact) mass is 554 g/mol. The van der Waals surface area contributed by atoms with Crippen molar-refractivity contribution in [2.45, 2.75) is 17.8 Å². The zero-order chi connectivity index (χ0) is 26.2. The maximum Gasteiger partial charge on any atom is 0.346 e. The second-order valence-corrected chi connectivity index (χ2v) is 8.74. The Morgan fingerprint density at radius 2 is 1.56 bits per heavy atom. The Hall–Kier alpha value is -3.46. The maximum atomic E-state index is 13.6. The molecule has 36 heavy (non-hydrogen) atoms. The van der Waals surface area contributed by atoms with Gasteiger partial charge in [-0.3, -0.25) is 0 Å². The number of halogens is 1. The highest BCUT2D eigenvalue weighted by Crippen LogP contribution is 2.42. The second kappa shape index (κ2) is 12.0. The van der Waals surface area contributed by atoms with Gasteiger partial charge in [0.25, 0.3) is 0 Å². The van der Waals surface area contributed by atoms with Gasteiger partial charge in [0.2, 0.25) is 11.2 Å². The van der Waals surface area contributed by atoms with E-state index in [9.17, 15) is 14.7 Å². The SMILES string of the molecule is COC(=O)[C@@](OCc1ccccc1)(c1ccc(OC)cc1)[C@](O)(/C=C/c1cccc(Br)c1)C(=O)OC. The maximum absolute atomic E-state index is 13.6. The van der Waals surface area contributed by atoms with Gasteiger partial charge in [-0.25, -0.2) is 9.59 Å². The molecular weight excluding hydrogens is 528 g/mol. The summed E-state index contributed by atoms with van der Waals surface area (Å²) in [5, 5.41) is 12.1. The number of hydrogen-bond donors (Lipinski definition) is 1. The Balaban J connectivity index is 2.26. The molecule has 0 radical (unpaired) electrons. The number of carbonyl (C=O) groups excluding carboxylic acids is 2. The first kappa shape index (κ1) is 27.1. The molecule has 3 rings (SSSR count). The average Bonchev–Trinajstić information content (AvgIpc) is 2.92. The molecule has 0 aliphatic carbocycles. The van der Waals surface area contributed by atoms with Crippen molar-refractivity contribution in [3.8, 4) is 5.75 Å². The number of aliphatic hydroxyl groups is 1. The van der Waals surface area contributed by atoms with Crippen molar-refractivity contribution < 1.29 is 33.6 Å². The molecule has 0 aliphatic heterocycles. The fourth-order valence-corrected chi connectivity index (χ4v) is 4.21. The standard InChI is InChI=1S/C28H27BrO7/c1-33-24-14-12-22(13-15-24)28(26(31)35-3,36-19-21-8-5-4-6-9-21)27(32,25(30)34-2)17-16-20-10-7-11-23(29)18-20/h4-18,32H,19H2,1-3H3/b17-16+/t27-,28-/m0/s1. The minimum Gasteiger partial charge on any atom is -0.497 e. The molecule has 0 saturated heterocycles. The summed E-state index contributed by atoms with van der Waals surface area (Å²) in [7, 11) is 3.77. The van der Waals surface area contributed by atoms with E-state index in [1.54, 1.807) is 42.5 Å². The van der Waals surface area contributed by atoms with Gasteiger partial charge in [0.05, 0.1) is 27.9 Å². The first-order valence-electron chi connectivity index (χ1n) is 11.0. The van der Waals surface area contributed by atoms with E-state index in [0.717, 1.165) is 18.7 Å². The van der Waals surface area contributed by atoms with Crippen LogP contribution in [0.3, 0.4) is 0 Å². The van der Waals surface area contributed by atoms with Crippen molar-refractivity contribution >= 4 is 33.9 Å². The van der Waals surface area contributed by atoms with Crippen molar-refractivity contribution in [3.05, 3.63) is 106 Å². The molecule has 0 unspecified atom stereocenters. The molecular formula is C28H27BrO7. The number of methoxy groups -OCH3 is 3. The van der Waals surface area contributed by atoms with E-state index in [2.05, 4.69) is 15.9 Å². The largest absolute Gasteiger partial charge is 0.497 e. The molecule has 0 fully saturated rings. The Labute approximate surface area is 218 Å².